The van der Waals surface area contributed by atoms with Crippen molar-refractivity contribution in [2.24, 2.45) is 0 Å². The molecule has 0 unspecified atom stereocenters. The molecule has 2 aromatic carbocycles. The van der Waals surface area contributed by atoms with E-state index in [9.17, 15) is 19.7 Å². The van der Waals surface area contributed by atoms with Gasteiger partial charge in [0.05, 0.1) is 4.92 Å². The van der Waals surface area contributed by atoms with Gasteiger partial charge in [-0.05, 0) is 43.2 Å². The number of rotatable bonds is 7. The number of hydrogen-bond donors (Lipinski definition) is 1. The lowest BCUT2D eigenvalue weighted by molar-refractivity contribution is -0.384. The van der Waals surface area contributed by atoms with Crippen LogP contribution < -0.4 is 10.1 Å². The number of benzene rings is 2. The van der Waals surface area contributed by atoms with Gasteiger partial charge in [-0.1, -0.05) is 23.7 Å². The van der Waals surface area contributed by atoms with Crippen molar-refractivity contribution in [3.63, 3.8) is 0 Å². The highest BCUT2D eigenvalue weighted by atomic mass is 35.5. The maximum Gasteiger partial charge on any atom is 0.344 e. The van der Waals surface area contributed by atoms with Gasteiger partial charge in [-0.25, -0.2) is 4.79 Å². The van der Waals surface area contributed by atoms with Crippen LogP contribution in [0.3, 0.4) is 0 Å². The predicted molar refractivity (Wildman–Crippen MR) is 99.1 cm³/mol. The number of ether oxygens (including phenoxy) is 2. The Bertz CT molecular complexity index is 884. The second-order valence-electron chi connectivity index (χ2n) is 5.63. The van der Waals surface area contributed by atoms with Gasteiger partial charge in [-0.3, -0.25) is 14.9 Å². The molecule has 0 aliphatic rings. The smallest absolute Gasteiger partial charge is 0.344 e. The van der Waals surface area contributed by atoms with E-state index in [0.29, 0.717) is 16.3 Å². The van der Waals surface area contributed by atoms with Gasteiger partial charge in [0, 0.05) is 11.1 Å². The van der Waals surface area contributed by atoms with Crippen LogP contribution in [0.5, 0.6) is 5.75 Å². The van der Waals surface area contributed by atoms with Crippen LogP contribution in [0.4, 0.5) is 11.4 Å². The lowest BCUT2D eigenvalue weighted by Crippen LogP contribution is -2.24. The van der Waals surface area contributed by atoms with Gasteiger partial charge >= 0.3 is 5.97 Å². The Balaban J connectivity index is 1.87. The van der Waals surface area contributed by atoms with Crippen molar-refractivity contribution in [2.75, 3.05) is 18.5 Å². The summed E-state index contributed by atoms with van der Waals surface area (Å²) in [5.41, 5.74) is 1.10. The molecule has 0 spiro atoms. The first kappa shape index (κ1) is 20.2. The van der Waals surface area contributed by atoms with Crippen molar-refractivity contribution in [1.82, 2.24) is 0 Å². The number of carbonyl (C=O) groups excluding carboxylic acids is 2. The normalized spacial score (nSPS) is 10.2. The van der Waals surface area contributed by atoms with E-state index in [2.05, 4.69) is 5.32 Å². The van der Waals surface area contributed by atoms with Gasteiger partial charge in [0.2, 0.25) is 0 Å². The Kier molecular flexibility index (Phi) is 6.73. The molecule has 0 fully saturated rings. The van der Waals surface area contributed by atoms with Gasteiger partial charge in [0.15, 0.2) is 13.2 Å². The Morgan fingerprint density at radius 2 is 1.89 bits per heavy atom. The third-order valence-electron chi connectivity index (χ3n) is 3.56. The molecule has 0 heterocycles. The van der Waals surface area contributed by atoms with Crippen LogP contribution in [-0.2, 0) is 14.3 Å². The van der Waals surface area contributed by atoms with Crippen LogP contribution in [0.1, 0.15) is 11.1 Å². The summed E-state index contributed by atoms with van der Waals surface area (Å²) < 4.78 is 10.1. The van der Waals surface area contributed by atoms with Gasteiger partial charge in [-0.2, -0.15) is 0 Å². The molecule has 8 nitrogen and oxygen atoms in total. The maximum atomic E-state index is 11.9. The zero-order valence-electron chi connectivity index (χ0n) is 14.7. The molecule has 0 radical (unpaired) electrons. The monoisotopic (exact) mass is 392 g/mol. The highest BCUT2D eigenvalue weighted by Gasteiger charge is 2.18. The number of amides is 1. The van der Waals surface area contributed by atoms with Crippen LogP contribution in [0.2, 0.25) is 5.02 Å². The summed E-state index contributed by atoms with van der Waals surface area (Å²) in [5.74, 6) is -0.974. The minimum Gasteiger partial charge on any atom is -0.482 e. The molecular formula is C18H17ClN2O6. The van der Waals surface area contributed by atoms with E-state index in [4.69, 9.17) is 21.1 Å². The first-order chi connectivity index (χ1) is 12.8. The minimum absolute atomic E-state index is 0.0663. The van der Waals surface area contributed by atoms with Crippen LogP contribution in [0.25, 0.3) is 0 Å². The summed E-state index contributed by atoms with van der Waals surface area (Å²) in [7, 11) is 0. The van der Waals surface area contributed by atoms with Crippen LogP contribution in [-0.4, -0.2) is 30.0 Å². The molecule has 0 bridgehead atoms. The first-order valence-electron chi connectivity index (χ1n) is 7.86. The number of hydrogen-bond acceptors (Lipinski definition) is 6. The molecule has 1 amide bonds. The second kappa shape index (κ2) is 9.00. The third kappa shape index (κ3) is 5.68. The van der Waals surface area contributed by atoms with Gasteiger partial charge in [0.25, 0.3) is 11.6 Å². The standard InChI is InChI=1S/C18H17ClN2O6/c1-11-4-3-5-14(21(24)25)18(11)20-16(22)9-27-17(23)10-26-15-7-6-13(19)8-12(15)2/h3-8H,9-10H2,1-2H3,(H,20,22). The number of nitro benzene ring substituents is 1. The van der Waals surface area contributed by atoms with Crippen molar-refractivity contribution in [3.05, 3.63) is 62.7 Å². The lowest BCUT2D eigenvalue weighted by atomic mass is 10.1. The van der Waals surface area contributed by atoms with Crippen molar-refractivity contribution in [1.29, 1.82) is 0 Å². The molecule has 2 aromatic rings. The SMILES string of the molecule is Cc1cc(Cl)ccc1OCC(=O)OCC(=O)Nc1c(C)cccc1[N+](=O)[O-]. The van der Waals surface area contributed by atoms with Gasteiger partial charge < -0.3 is 14.8 Å². The van der Waals surface area contributed by atoms with Crippen molar-refractivity contribution < 1.29 is 24.0 Å². The summed E-state index contributed by atoms with van der Waals surface area (Å²) in [6, 6.07) is 9.34. The molecule has 0 aromatic heterocycles. The average Bonchev–Trinajstić information content (AvgIpc) is 2.60. The first-order valence-corrected chi connectivity index (χ1v) is 8.24. The van der Waals surface area contributed by atoms with Crippen LogP contribution >= 0.6 is 11.6 Å². The highest BCUT2D eigenvalue weighted by molar-refractivity contribution is 6.30. The number of para-hydroxylation sites is 1. The number of aryl methyl sites for hydroxylation is 2. The maximum absolute atomic E-state index is 11.9. The molecule has 27 heavy (non-hydrogen) atoms. The molecule has 0 aliphatic heterocycles. The van der Waals surface area contributed by atoms with Crippen molar-refractivity contribution in [3.8, 4) is 5.75 Å². The van der Waals surface area contributed by atoms with E-state index in [1.165, 1.54) is 12.1 Å². The molecule has 0 saturated heterocycles. The fraction of sp³-hybridized carbons (Fsp3) is 0.222. The summed E-state index contributed by atoms with van der Waals surface area (Å²) in [6.07, 6.45) is 0. The average molecular weight is 393 g/mol. The number of carbonyl (C=O) groups is 2. The number of nitrogens with one attached hydrogen (secondary N) is 1. The minimum atomic E-state index is -0.751. The third-order valence-corrected chi connectivity index (χ3v) is 3.79. The zero-order valence-corrected chi connectivity index (χ0v) is 15.4. The number of esters is 1. The van der Waals surface area contributed by atoms with E-state index in [1.54, 1.807) is 38.1 Å². The molecule has 1 N–H and O–H groups in total. The Labute approximate surface area is 160 Å². The topological polar surface area (TPSA) is 108 Å². The van der Waals surface area contributed by atoms with E-state index < -0.39 is 23.4 Å². The Hall–Kier alpha value is -3.13. The molecule has 0 aliphatic carbocycles. The van der Waals surface area contributed by atoms with Crippen LogP contribution in [0.15, 0.2) is 36.4 Å². The quantitative estimate of drug-likeness (QED) is 0.439. The Morgan fingerprint density at radius 3 is 2.56 bits per heavy atom. The molecular weight excluding hydrogens is 376 g/mol. The Morgan fingerprint density at radius 1 is 1.15 bits per heavy atom. The van der Waals surface area contributed by atoms with E-state index in [0.717, 1.165) is 5.56 Å². The fourth-order valence-electron chi connectivity index (χ4n) is 2.24. The second-order valence-corrected chi connectivity index (χ2v) is 6.07. The van der Waals surface area contributed by atoms with Gasteiger partial charge in [0.1, 0.15) is 11.4 Å². The highest BCUT2D eigenvalue weighted by Crippen LogP contribution is 2.27. The van der Waals surface area contributed by atoms with Gasteiger partial charge in [-0.15, -0.1) is 0 Å². The number of nitro groups is 1. The number of anilines is 1. The molecule has 0 atom stereocenters. The largest absolute Gasteiger partial charge is 0.482 e. The number of halogens is 1. The van der Waals surface area contributed by atoms with Crippen LogP contribution in [0, 0.1) is 24.0 Å². The van der Waals surface area contributed by atoms with E-state index in [-0.39, 0.29) is 18.0 Å². The summed E-state index contributed by atoms with van der Waals surface area (Å²) in [6.45, 7) is 2.42. The zero-order chi connectivity index (χ0) is 20.0. The summed E-state index contributed by atoms with van der Waals surface area (Å²) in [5, 5.41) is 14.0. The molecule has 0 saturated carbocycles. The predicted octanol–water partition coefficient (Wildman–Crippen LogP) is 3.43. The van der Waals surface area contributed by atoms with E-state index in [1.807, 2.05) is 0 Å². The fourth-order valence-corrected chi connectivity index (χ4v) is 2.47. The summed E-state index contributed by atoms with van der Waals surface area (Å²) in [4.78, 5) is 34.1. The molecule has 2 rings (SSSR count). The lowest BCUT2D eigenvalue weighted by Gasteiger charge is -2.11. The number of nitrogens with zero attached hydrogens (tertiary/aromatic N) is 1. The summed E-state index contributed by atoms with van der Waals surface area (Å²) >= 11 is 5.84. The molecule has 142 valence electrons. The molecule has 9 heteroatoms. The van der Waals surface area contributed by atoms with Crippen molar-refractivity contribution >= 4 is 34.9 Å². The van der Waals surface area contributed by atoms with Crippen molar-refractivity contribution in [2.45, 2.75) is 13.8 Å². The van der Waals surface area contributed by atoms with E-state index >= 15 is 0 Å².